The molecule has 19 heavy (non-hydrogen) atoms. The number of sulfonamides is 1. The highest BCUT2D eigenvalue weighted by atomic mass is 32.2. The highest BCUT2D eigenvalue weighted by Crippen LogP contribution is 2.29. The van der Waals surface area contributed by atoms with E-state index in [2.05, 4.69) is 18.6 Å². The minimum Gasteiger partial charge on any atom is -0.399 e. The minimum atomic E-state index is -3.52. The van der Waals surface area contributed by atoms with Gasteiger partial charge in [-0.1, -0.05) is 13.8 Å². The fourth-order valence-corrected chi connectivity index (χ4v) is 3.18. The third-order valence-corrected chi connectivity index (χ3v) is 4.86. The molecule has 108 valence electrons. The molecule has 0 saturated heterocycles. The summed E-state index contributed by atoms with van der Waals surface area (Å²) in [5.41, 5.74) is 6.83. The first-order chi connectivity index (χ1) is 8.87. The number of rotatable bonds is 6. The smallest absolute Gasteiger partial charge is 0.242 e. The average Bonchev–Trinajstić information content (AvgIpc) is 2.39. The molecule has 6 heteroatoms. The zero-order chi connectivity index (χ0) is 14.6. The number of hydrogen-bond acceptors (Lipinski definition) is 4. The van der Waals surface area contributed by atoms with Crippen molar-refractivity contribution >= 4 is 21.4 Å². The van der Waals surface area contributed by atoms with Gasteiger partial charge in [-0.2, -0.15) is 0 Å². The van der Waals surface area contributed by atoms with Crippen LogP contribution in [0.3, 0.4) is 0 Å². The van der Waals surface area contributed by atoms with Crippen LogP contribution in [0.1, 0.15) is 26.7 Å². The number of benzene rings is 1. The molecule has 1 rings (SSSR count). The zero-order valence-electron chi connectivity index (χ0n) is 12.0. The van der Waals surface area contributed by atoms with Crippen molar-refractivity contribution in [3.63, 3.8) is 0 Å². The Morgan fingerprint density at radius 1 is 1.32 bits per heavy atom. The third-order valence-electron chi connectivity index (χ3n) is 3.41. The Bertz CT molecular complexity index is 525. The summed E-state index contributed by atoms with van der Waals surface area (Å²) in [6.07, 6.45) is 1.91. The molecule has 0 saturated carbocycles. The Morgan fingerprint density at radius 3 is 2.37 bits per heavy atom. The van der Waals surface area contributed by atoms with E-state index >= 15 is 0 Å². The van der Waals surface area contributed by atoms with Crippen molar-refractivity contribution in [3.05, 3.63) is 18.2 Å². The van der Waals surface area contributed by atoms with Crippen molar-refractivity contribution in [2.24, 2.45) is 0 Å². The van der Waals surface area contributed by atoms with Crippen molar-refractivity contribution in [2.45, 2.75) is 37.6 Å². The summed E-state index contributed by atoms with van der Waals surface area (Å²) in [5, 5.41) is 0. The summed E-state index contributed by atoms with van der Waals surface area (Å²) in [4.78, 5) is 2.23. The van der Waals surface area contributed by atoms with E-state index in [0.717, 1.165) is 12.8 Å². The van der Waals surface area contributed by atoms with Crippen LogP contribution < -0.4 is 15.4 Å². The lowest BCUT2D eigenvalue weighted by Crippen LogP contribution is -2.32. The first-order valence-corrected chi connectivity index (χ1v) is 7.91. The molecular formula is C13H23N3O2S. The molecule has 1 aromatic carbocycles. The molecule has 0 fully saturated rings. The molecule has 0 heterocycles. The summed E-state index contributed by atoms with van der Waals surface area (Å²) < 4.78 is 26.5. The maximum absolute atomic E-state index is 12.1. The predicted molar refractivity (Wildman–Crippen MR) is 79.9 cm³/mol. The summed E-state index contributed by atoms with van der Waals surface area (Å²) in [5.74, 6) is 0. The van der Waals surface area contributed by atoms with E-state index < -0.39 is 10.0 Å². The molecule has 0 amide bonds. The standard InChI is InChI=1S/C13H23N3O2S/c1-5-11(6-2)16(4)12-8-7-10(14)9-13(12)19(17,18)15-3/h7-9,11,15H,5-6,14H2,1-4H3. The van der Waals surface area contributed by atoms with E-state index in [0.29, 0.717) is 17.4 Å². The van der Waals surface area contributed by atoms with Crippen LogP contribution in [-0.2, 0) is 10.0 Å². The monoisotopic (exact) mass is 285 g/mol. The number of nitrogens with one attached hydrogen (secondary N) is 1. The topological polar surface area (TPSA) is 75.4 Å². The average molecular weight is 285 g/mol. The second-order valence-corrected chi connectivity index (χ2v) is 6.37. The Hall–Kier alpha value is -1.27. The molecule has 0 radical (unpaired) electrons. The van der Waals surface area contributed by atoms with Crippen molar-refractivity contribution < 1.29 is 8.42 Å². The lowest BCUT2D eigenvalue weighted by atomic mass is 10.1. The lowest BCUT2D eigenvalue weighted by Gasteiger charge is -2.30. The molecule has 0 atom stereocenters. The van der Waals surface area contributed by atoms with E-state index in [1.807, 2.05) is 11.9 Å². The number of nitrogens with two attached hydrogens (primary N) is 1. The van der Waals surface area contributed by atoms with Gasteiger partial charge in [-0.3, -0.25) is 0 Å². The van der Waals surface area contributed by atoms with Crippen molar-refractivity contribution in [1.82, 2.24) is 4.72 Å². The molecule has 0 aliphatic heterocycles. The van der Waals surface area contributed by atoms with Crippen molar-refractivity contribution in [3.8, 4) is 0 Å². The second kappa shape index (κ2) is 6.25. The molecule has 0 unspecified atom stereocenters. The molecule has 0 aliphatic carbocycles. The predicted octanol–water partition coefficient (Wildman–Crippen LogP) is 1.80. The van der Waals surface area contributed by atoms with Crippen LogP contribution in [0, 0.1) is 0 Å². The molecular weight excluding hydrogens is 262 g/mol. The van der Waals surface area contributed by atoms with Gasteiger partial charge in [0.1, 0.15) is 4.90 Å². The van der Waals surface area contributed by atoms with Gasteiger partial charge in [0.05, 0.1) is 5.69 Å². The van der Waals surface area contributed by atoms with Gasteiger partial charge in [0, 0.05) is 18.8 Å². The van der Waals surface area contributed by atoms with Gasteiger partial charge in [-0.15, -0.1) is 0 Å². The van der Waals surface area contributed by atoms with Gasteiger partial charge in [0.25, 0.3) is 0 Å². The minimum absolute atomic E-state index is 0.226. The number of nitrogens with zero attached hydrogens (tertiary/aromatic N) is 1. The quantitative estimate of drug-likeness (QED) is 0.782. The number of nitrogen functional groups attached to an aromatic ring is 1. The summed E-state index contributed by atoms with van der Waals surface area (Å²) in [7, 11) is -0.201. The summed E-state index contributed by atoms with van der Waals surface area (Å²) >= 11 is 0. The highest BCUT2D eigenvalue weighted by molar-refractivity contribution is 7.89. The van der Waals surface area contributed by atoms with Gasteiger partial charge >= 0.3 is 0 Å². The maximum Gasteiger partial charge on any atom is 0.242 e. The van der Waals surface area contributed by atoms with E-state index in [4.69, 9.17) is 5.73 Å². The van der Waals surface area contributed by atoms with E-state index in [1.165, 1.54) is 13.1 Å². The fourth-order valence-electron chi connectivity index (χ4n) is 2.18. The van der Waals surface area contributed by atoms with Crippen LogP contribution in [-0.4, -0.2) is 28.6 Å². The van der Waals surface area contributed by atoms with Gasteiger partial charge < -0.3 is 10.6 Å². The van der Waals surface area contributed by atoms with Gasteiger partial charge in [-0.25, -0.2) is 13.1 Å². The molecule has 0 spiro atoms. The zero-order valence-corrected chi connectivity index (χ0v) is 12.8. The summed E-state index contributed by atoms with van der Waals surface area (Å²) in [6, 6.07) is 5.29. The molecule has 0 bridgehead atoms. The highest BCUT2D eigenvalue weighted by Gasteiger charge is 2.22. The maximum atomic E-state index is 12.1. The van der Waals surface area contributed by atoms with Crippen molar-refractivity contribution in [1.29, 1.82) is 0 Å². The molecule has 0 aromatic heterocycles. The van der Waals surface area contributed by atoms with Crippen LogP contribution in [0.15, 0.2) is 23.1 Å². The Kier molecular flexibility index (Phi) is 5.20. The lowest BCUT2D eigenvalue weighted by molar-refractivity contribution is 0.577. The first-order valence-electron chi connectivity index (χ1n) is 6.43. The van der Waals surface area contributed by atoms with Crippen LogP contribution in [0.25, 0.3) is 0 Å². The molecule has 3 N–H and O–H groups in total. The SMILES string of the molecule is CCC(CC)N(C)c1ccc(N)cc1S(=O)(=O)NC. The van der Waals surface area contributed by atoms with Crippen LogP contribution in [0.5, 0.6) is 0 Å². The van der Waals surface area contributed by atoms with Crippen LogP contribution in [0.2, 0.25) is 0 Å². The van der Waals surface area contributed by atoms with E-state index in [1.54, 1.807) is 12.1 Å². The largest absolute Gasteiger partial charge is 0.399 e. The van der Waals surface area contributed by atoms with E-state index in [9.17, 15) is 8.42 Å². The van der Waals surface area contributed by atoms with Crippen LogP contribution in [0.4, 0.5) is 11.4 Å². The number of anilines is 2. The summed E-state index contributed by atoms with van der Waals surface area (Å²) in [6.45, 7) is 4.18. The fraction of sp³-hybridized carbons (Fsp3) is 0.538. The Morgan fingerprint density at radius 2 is 1.89 bits per heavy atom. The Labute approximate surface area is 115 Å². The normalized spacial score (nSPS) is 11.8. The van der Waals surface area contributed by atoms with Gasteiger partial charge in [0.15, 0.2) is 0 Å². The van der Waals surface area contributed by atoms with Crippen molar-refractivity contribution in [2.75, 3.05) is 24.7 Å². The van der Waals surface area contributed by atoms with Gasteiger partial charge in [0.2, 0.25) is 10.0 Å². The number of hydrogen-bond donors (Lipinski definition) is 2. The Balaban J connectivity index is 3.36. The van der Waals surface area contributed by atoms with E-state index in [-0.39, 0.29) is 4.90 Å². The van der Waals surface area contributed by atoms with Gasteiger partial charge in [-0.05, 0) is 38.1 Å². The molecule has 5 nitrogen and oxygen atoms in total. The third kappa shape index (κ3) is 3.39. The second-order valence-electron chi connectivity index (χ2n) is 4.52. The molecule has 1 aromatic rings. The molecule has 0 aliphatic rings. The first kappa shape index (κ1) is 15.8. The van der Waals surface area contributed by atoms with Crippen LogP contribution >= 0.6 is 0 Å².